The van der Waals surface area contributed by atoms with Gasteiger partial charge in [0, 0.05) is 6.20 Å². The molecule has 88 valence electrons. The van der Waals surface area contributed by atoms with Crippen molar-refractivity contribution in [1.29, 1.82) is 0 Å². The fourth-order valence-corrected chi connectivity index (χ4v) is 1.14. The Morgan fingerprint density at radius 2 is 1.88 bits per heavy atom. The van der Waals surface area contributed by atoms with Crippen LogP contribution in [-0.4, -0.2) is 29.6 Å². The van der Waals surface area contributed by atoms with E-state index in [1.54, 1.807) is 20.8 Å². The van der Waals surface area contributed by atoms with E-state index in [0.717, 1.165) is 0 Å². The van der Waals surface area contributed by atoms with E-state index in [9.17, 15) is 9.59 Å². The molecule has 1 aromatic heterocycles. The molecule has 5 nitrogen and oxygen atoms in total. The minimum absolute atomic E-state index is 0.108. The van der Waals surface area contributed by atoms with Crippen LogP contribution in [0.4, 0.5) is 0 Å². The third kappa shape index (κ3) is 2.85. The first-order chi connectivity index (χ1) is 7.35. The number of nitrogens with one attached hydrogen (secondary N) is 1. The molecule has 0 bridgehead atoms. The summed E-state index contributed by atoms with van der Waals surface area (Å²) < 4.78 is 9.69. The summed E-state index contributed by atoms with van der Waals surface area (Å²) in [6.07, 6.45) is 1.49. The van der Waals surface area contributed by atoms with Crippen LogP contribution in [0.15, 0.2) is 12.3 Å². The molecule has 0 fully saturated rings. The summed E-state index contributed by atoms with van der Waals surface area (Å²) in [7, 11) is 1.25. The molecule has 0 aliphatic heterocycles. The van der Waals surface area contributed by atoms with Gasteiger partial charge in [-0.05, 0) is 26.8 Å². The van der Waals surface area contributed by atoms with Crippen molar-refractivity contribution in [2.45, 2.75) is 26.4 Å². The average molecular weight is 225 g/mol. The molecule has 1 heterocycles. The van der Waals surface area contributed by atoms with Crippen molar-refractivity contribution in [3.05, 3.63) is 23.5 Å². The molecule has 16 heavy (non-hydrogen) atoms. The highest BCUT2D eigenvalue weighted by atomic mass is 16.6. The van der Waals surface area contributed by atoms with E-state index < -0.39 is 17.5 Å². The van der Waals surface area contributed by atoms with Gasteiger partial charge in [-0.1, -0.05) is 0 Å². The SMILES string of the molecule is COC(=O)c1[nH]ccc1C(=O)OC(C)(C)C. The molecular formula is C11H15NO4. The number of aromatic amines is 1. The lowest BCUT2D eigenvalue weighted by Gasteiger charge is -2.19. The van der Waals surface area contributed by atoms with E-state index in [4.69, 9.17) is 4.74 Å². The number of aromatic nitrogens is 1. The van der Waals surface area contributed by atoms with Gasteiger partial charge in [-0.2, -0.15) is 0 Å². The Kier molecular flexibility index (Phi) is 3.37. The molecule has 0 saturated carbocycles. The van der Waals surface area contributed by atoms with E-state index in [2.05, 4.69) is 9.72 Å². The number of rotatable bonds is 2. The fourth-order valence-electron chi connectivity index (χ4n) is 1.14. The third-order valence-corrected chi connectivity index (χ3v) is 1.76. The topological polar surface area (TPSA) is 68.4 Å². The summed E-state index contributed by atoms with van der Waals surface area (Å²) in [6.45, 7) is 5.28. The molecule has 0 aliphatic rings. The van der Waals surface area contributed by atoms with Gasteiger partial charge in [0.2, 0.25) is 0 Å². The number of esters is 2. The lowest BCUT2D eigenvalue weighted by atomic mass is 10.2. The van der Waals surface area contributed by atoms with Crippen molar-refractivity contribution in [3.8, 4) is 0 Å². The Morgan fingerprint density at radius 1 is 1.25 bits per heavy atom. The molecule has 5 heteroatoms. The second-order valence-electron chi connectivity index (χ2n) is 4.26. The Labute approximate surface area is 93.7 Å². The molecule has 0 saturated heterocycles. The highest BCUT2D eigenvalue weighted by molar-refractivity contribution is 6.02. The smallest absolute Gasteiger partial charge is 0.355 e. The minimum Gasteiger partial charge on any atom is -0.464 e. The molecule has 0 spiro atoms. The quantitative estimate of drug-likeness (QED) is 0.778. The van der Waals surface area contributed by atoms with Gasteiger partial charge in [-0.15, -0.1) is 0 Å². The first-order valence-electron chi connectivity index (χ1n) is 4.84. The lowest BCUT2D eigenvalue weighted by Crippen LogP contribution is -2.24. The molecule has 1 rings (SSSR count). The van der Waals surface area contributed by atoms with E-state index in [-0.39, 0.29) is 11.3 Å². The van der Waals surface area contributed by atoms with E-state index in [1.165, 1.54) is 19.4 Å². The zero-order chi connectivity index (χ0) is 12.3. The summed E-state index contributed by atoms with van der Waals surface area (Å²) in [6, 6.07) is 1.49. The van der Waals surface area contributed by atoms with Crippen molar-refractivity contribution in [2.75, 3.05) is 7.11 Å². The van der Waals surface area contributed by atoms with Crippen LogP contribution in [0.1, 0.15) is 41.6 Å². The molecule has 1 N–H and O–H groups in total. The zero-order valence-electron chi connectivity index (χ0n) is 9.79. The van der Waals surface area contributed by atoms with Gasteiger partial charge in [-0.25, -0.2) is 9.59 Å². The van der Waals surface area contributed by atoms with Crippen molar-refractivity contribution >= 4 is 11.9 Å². The van der Waals surface area contributed by atoms with E-state index in [0.29, 0.717) is 0 Å². The second kappa shape index (κ2) is 4.38. The van der Waals surface area contributed by atoms with Crippen LogP contribution in [0, 0.1) is 0 Å². The normalized spacial score (nSPS) is 11.0. The number of hydrogen-bond acceptors (Lipinski definition) is 4. The largest absolute Gasteiger partial charge is 0.464 e. The van der Waals surface area contributed by atoms with Crippen LogP contribution < -0.4 is 0 Å². The first-order valence-corrected chi connectivity index (χ1v) is 4.84. The molecule has 0 unspecified atom stereocenters. The Bertz CT molecular complexity index is 400. The van der Waals surface area contributed by atoms with Gasteiger partial charge in [-0.3, -0.25) is 0 Å². The van der Waals surface area contributed by atoms with Crippen LogP contribution in [0.5, 0.6) is 0 Å². The lowest BCUT2D eigenvalue weighted by molar-refractivity contribution is 0.00654. The second-order valence-corrected chi connectivity index (χ2v) is 4.26. The number of ether oxygens (including phenoxy) is 2. The predicted octanol–water partition coefficient (Wildman–Crippen LogP) is 1.76. The average Bonchev–Trinajstić information content (AvgIpc) is 2.62. The summed E-state index contributed by atoms with van der Waals surface area (Å²) in [5, 5.41) is 0. The van der Waals surface area contributed by atoms with Crippen molar-refractivity contribution < 1.29 is 19.1 Å². The maximum atomic E-state index is 11.7. The summed E-state index contributed by atoms with van der Waals surface area (Å²) >= 11 is 0. The monoisotopic (exact) mass is 225 g/mol. The summed E-state index contributed by atoms with van der Waals surface area (Å²) in [5.41, 5.74) is -0.305. The highest BCUT2D eigenvalue weighted by Gasteiger charge is 2.24. The molecule has 0 amide bonds. The predicted molar refractivity (Wildman–Crippen MR) is 57.3 cm³/mol. The fraction of sp³-hybridized carbons (Fsp3) is 0.455. The van der Waals surface area contributed by atoms with Crippen LogP contribution in [0.25, 0.3) is 0 Å². The van der Waals surface area contributed by atoms with Crippen LogP contribution in [0.3, 0.4) is 0 Å². The van der Waals surface area contributed by atoms with Gasteiger partial charge in [0.25, 0.3) is 0 Å². The van der Waals surface area contributed by atoms with Crippen molar-refractivity contribution in [3.63, 3.8) is 0 Å². The number of hydrogen-bond donors (Lipinski definition) is 1. The van der Waals surface area contributed by atoms with Crippen molar-refractivity contribution in [1.82, 2.24) is 4.98 Å². The maximum Gasteiger partial charge on any atom is 0.355 e. The van der Waals surface area contributed by atoms with Crippen LogP contribution in [0.2, 0.25) is 0 Å². The standard InChI is InChI=1S/C11H15NO4/c1-11(2,3)16-9(13)7-5-6-12-8(7)10(14)15-4/h5-6,12H,1-4H3. The van der Waals surface area contributed by atoms with E-state index >= 15 is 0 Å². The third-order valence-electron chi connectivity index (χ3n) is 1.76. The Hall–Kier alpha value is -1.78. The molecule has 0 aromatic carbocycles. The summed E-state index contributed by atoms with van der Waals surface area (Å²) in [4.78, 5) is 25.7. The number of H-pyrrole nitrogens is 1. The van der Waals surface area contributed by atoms with Crippen LogP contribution in [-0.2, 0) is 9.47 Å². The molecule has 0 aliphatic carbocycles. The van der Waals surface area contributed by atoms with Gasteiger partial charge < -0.3 is 14.5 Å². The highest BCUT2D eigenvalue weighted by Crippen LogP contribution is 2.15. The number of methoxy groups -OCH3 is 1. The molecular weight excluding hydrogens is 210 g/mol. The van der Waals surface area contributed by atoms with Gasteiger partial charge in [0.05, 0.1) is 12.7 Å². The zero-order valence-corrected chi connectivity index (χ0v) is 9.79. The Morgan fingerprint density at radius 3 is 2.38 bits per heavy atom. The maximum absolute atomic E-state index is 11.7. The minimum atomic E-state index is -0.595. The number of carbonyl (C=O) groups is 2. The summed E-state index contributed by atoms with van der Waals surface area (Å²) in [5.74, 6) is -1.14. The van der Waals surface area contributed by atoms with E-state index in [1.807, 2.05) is 0 Å². The molecule has 0 atom stereocenters. The van der Waals surface area contributed by atoms with Gasteiger partial charge in [0.1, 0.15) is 11.3 Å². The van der Waals surface area contributed by atoms with Gasteiger partial charge in [0.15, 0.2) is 0 Å². The van der Waals surface area contributed by atoms with Crippen LogP contribution >= 0.6 is 0 Å². The Balaban J connectivity index is 2.93. The van der Waals surface area contributed by atoms with Crippen molar-refractivity contribution in [2.24, 2.45) is 0 Å². The number of carbonyl (C=O) groups excluding carboxylic acids is 2. The molecule has 0 radical (unpaired) electrons. The molecule has 1 aromatic rings. The van der Waals surface area contributed by atoms with Gasteiger partial charge >= 0.3 is 11.9 Å². The first kappa shape index (κ1) is 12.3.